The number of ketones is 1. The minimum Gasteiger partial charge on any atom is -0.507 e. The van der Waals surface area contributed by atoms with Crippen LogP contribution in [0.25, 0.3) is 0 Å². The van der Waals surface area contributed by atoms with Crippen molar-refractivity contribution in [3.63, 3.8) is 0 Å². The van der Waals surface area contributed by atoms with E-state index in [0.29, 0.717) is 5.56 Å². The standard InChI is InChI=1S/C15H20N2O2/c1-11(18)14-5-4-13(10-15(14)19)17-8-6-16(7-9-17)12-2-3-12/h4-5,10,12,19H,2-3,6-9H2,1H3. The average Bonchev–Trinajstić information content (AvgIpc) is 3.22. The van der Waals surface area contributed by atoms with Gasteiger partial charge in [0.25, 0.3) is 0 Å². The summed E-state index contributed by atoms with van der Waals surface area (Å²) < 4.78 is 0. The monoisotopic (exact) mass is 260 g/mol. The molecule has 1 saturated heterocycles. The van der Waals surface area contributed by atoms with Gasteiger partial charge in [-0.2, -0.15) is 0 Å². The zero-order valence-corrected chi connectivity index (χ0v) is 11.3. The van der Waals surface area contributed by atoms with Crippen molar-refractivity contribution in [2.24, 2.45) is 0 Å². The number of piperazine rings is 1. The first-order chi connectivity index (χ1) is 9.15. The van der Waals surface area contributed by atoms with Crippen molar-refractivity contribution in [2.75, 3.05) is 31.1 Å². The third-order valence-electron chi connectivity index (χ3n) is 4.10. The Hall–Kier alpha value is -1.55. The van der Waals surface area contributed by atoms with Crippen LogP contribution >= 0.6 is 0 Å². The molecule has 4 heteroatoms. The molecule has 1 heterocycles. The third-order valence-corrected chi connectivity index (χ3v) is 4.10. The van der Waals surface area contributed by atoms with Crippen LogP contribution in [0.4, 0.5) is 5.69 Å². The van der Waals surface area contributed by atoms with Crippen LogP contribution in [0.15, 0.2) is 18.2 Å². The molecule has 0 spiro atoms. The number of benzene rings is 1. The second-order valence-electron chi connectivity index (χ2n) is 5.51. The number of hydrogen-bond acceptors (Lipinski definition) is 4. The molecule has 1 N–H and O–H groups in total. The van der Waals surface area contributed by atoms with E-state index in [1.165, 1.54) is 19.8 Å². The summed E-state index contributed by atoms with van der Waals surface area (Å²) in [7, 11) is 0. The Balaban J connectivity index is 1.69. The zero-order chi connectivity index (χ0) is 13.4. The van der Waals surface area contributed by atoms with E-state index in [1.54, 1.807) is 12.1 Å². The molecule has 3 rings (SSSR count). The molecule has 1 aromatic rings. The fourth-order valence-electron chi connectivity index (χ4n) is 2.80. The summed E-state index contributed by atoms with van der Waals surface area (Å²) in [4.78, 5) is 16.1. The number of hydrogen-bond donors (Lipinski definition) is 1. The molecule has 0 aromatic heterocycles. The van der Waals surface area contributed by atoms with Gasteiger partial charge in [-0.3, -0.25) is 9.69 Å². The van der Waals surface area contributed by atoms with Crippen molar-refractivity contribution < 1.29 is 9.90 Å². The summed E-state index contributed by atoms with van der Waals surface area (Å²) in [5.74, 6) is -0.00257. The van der Waals surface area contributed by atoms with Gasteiger partial charge in [-0.1, -0.05) is 0 Å². The minimum atomic E-state index is -0.0948. The Bertz CT molecular complexity index is 489. The highest BCUT2D eigenvalue weighted by Crippen LogP contribution is 2.30. The van der Waals surface area contributed by atoms with Crippen molar-refractivity contribution in [1.29, 1.82) is 0 Å². The molecule has 0 radical (unpaired) electrons. The van der Waals surface area contributed by atoms with Crippen molar-refractivity contribution >= 4 is 11.5 Å². The van der Waals surface area contributed by atoms with Crippen molar-refractivity contribution in [1.82, 2.24) is 4.90 Å². The quantitative estimate of drug-likeness (QED) is 0.843. The molecule has 1 aliphatic heterocycles. The lowest BCUT2D eigenvalue weighted by Gasteiger charge is -2.36. The molecule has 4 nitrogen and oxygen atoms in total. The van der Waals surface area contributed by atoms with Crippen LogP contribution < -0.4 is 4.90 Å². The van der Waals surface area contributed by atoms with Gasteiger partial charge >= 0.3 is 0 Å². The van der Waals surface area contributed by atoms with E-state index in [1.807, 2.05) is 6.07 Å². The van der Waals surface area contributed by atoms with Crippen LogP contribution in [0.2, 0.25) is 0 Å². The van der Waals surface area contributed by atoms with Gasteiger partial charge in [0.2, 0.25) is 0 Å². The Morgan fingerprint density at radius 2 is 1.89 bits per heavy atom. The number of carbonyl (C=O) groups is 1. The van der Waals surface area contributed by atoms with Gasteiger partial charge < -0.3 is 10.0 Å². The lowest BCUT2D eigenvalue weighted by atomic mass is 10.1. The molecule has 0 bridgehead atoms. The number of phenols is 1. The van der Waals surface area contributed by atoms with Gasteiger partial charge in [-0.15, -0.1) is 0 Å². The zero-order valence-electron chi connectivity index (χ0n) is 11.3. The number of nitrogens with zero attached hydrogens (tertiary/aromatic N) is 2. The number of rotatable bonds is 3. The number of phenolic OH excluding ortho intramolecular Hbond substituents is 1. The maximum absolute atomic E-state index is 11.3. The SMILES string of the molecule is CC(=O)c1ccc(N2CCN(C3CC3)CC2)cc1O. The van der Waals surface area contributed by atoms with Crippen LogP contribution in [0.1, 0.15) is 30.1 Å². The van der Waals surface area contributed by atoms with Crippen LogP contribution in [-0.2, 0) is 0 Å². The van der Waals surface area contributed by atoms with Gasteiger partial charge in [0.1, 0.15) is 5.75 Å². The van der Waals surface area contributed by atoms with Gasteiger partial charge in [0.15, 0.2) is 5.78 Å². The lowest BCUT2D eigenvalue weighted by molar-refractivity contribution is 0.101. The molecule has 1 saturated carbocycles. The predicted octanol–water partition coefficient (Wildman–Crippen LogP) is 1.88. The van der Waals surface area contributed by atoms with Gasteiger partial charge in [0, 0.05) is 44.0 Å². The molecular weight excluding hydrogens is 240 g/mol. The summed E-state index contributed by atoms with van der Waals surface area (Å²) in [5.41, 5.74) is 1.42. The summed E-state index contributed by atoms with van der Waals surface area (Å²) >= 11 is 0. The van der Waals surface area contributed by atoms with E-state index < -0.39 is 0 Å². The highest BCUT2D eigenvalue weighted by Gasteiger charge is 2.31. The number of anilines is 1. The smallest absolute Gasteiger partial charge is 0.163 e. The predicted molar refractivity (Wildman–Crippen MR) is 74.9 cm³/mol. The lowest BCUT2D eigenvalue weighted by Crippen LogP contribution is -2.47. The number of Topliss-reactive ketones (excluding diaryl/α,β-unsaturated/α-hetero) is 1. The summed E-state index contributed by atoms with van der Waals surface area (Å²) in [6.45, 7) is 5.66. The van der Waals surface area contributed by atoms with E-state index in [0.717, 1.165) is 37.9 Å². The molecule has 19 heavy (non-hydrogen) atoms. The Morgan fingerprint density at radius 1 is 1.21 bits per heavy atom. The highest BCUT2D eigenvalue weighted by molar-refractivity contribution is 5.97. The molecule has 0 atom stereocenters. The first kappa shape index (κ1) is 12.5. The maximum atomic E-state index is 11.3. The Labute approximate surface area is 113 Å². The number of carbonyl (C=O) groups excluding carboxylic acids is 1. The van der Waals surface area contributed by atoms with E-state index in [9.17, 15) is 9.90 Å². The first-order valence-corrected chi connectivity index (χ1v) is 6.98. The Kier molecular flexibility index (Phi) is 3.19. The van der Waals surface area contributed by atoms with E-state index in [-0.39, 0.29) is 11.5 Å². The van der Waals surface area contributed by atoms with Crippen molar-refractivity contribution in [2.45, 2.75) is 25.8 Å². The van der Waals surface area contributed by atoms with E-state index in [2.05, 4.69) is 9.80 Å². The second-order valence-corrected chi connectivity index (χ2v) is 5.51. The van der Waals surface area contributed by atoms with Crippen LogP contribution in [-0.4, -0.2) is 48.0 Å². The summed E-state index contributed by atoms with van der Waals surface area (Å²) in [6, 6.07) is 6.20. The molecule has 0 unspecified atom stereocenters. The summed E-state index contributed by atoms with van der Waals surface area (Å²) in [6.07, 6.45) is 2.71. The normalized spacial score (nSPS) is 20.6. The van der Waals surface area contributed by atoms with Gasteiger partial charge in [-0.05, 0) is 31.9 Å². The minimum absolute atomic E-state index is 0.0922. The molecule has 2 aliphatic rings. The van der Waals surface area contributed by atoms with Crippen LogP contribution in [0, 0.1) is 0 Å². The van der Waals surface area contributed by atoms with Crippen molar-refractivity contribution in [3.8, 4) is 5.75 Å². The topological polar surface area (TPSA) is 43.8 Å². The first-order valence-electron chi connectivity index (χ1n) is 6.98. The summed E-state index contributed by atoms with van der Waals surface area (Å²) in [5, 5.41) is 9.88. The van der Waals surface area contributed by atoms with Crippen LogP contribution in [0.5, 0.6) is 5.75 Å². The largest absolute Gasteiger partial charge is 0.507 e. The Morgan fingerprint density at radius 3 is 2.42 bits per heavy atom. The molecule has 2 fully saturated rings. The molecular formula is C15H20N2O2. The fraction of sp³-hybridized carbons (Fsp3) is 0.533. The molecule has 0 amide bonds. The fourth-order valence-corrected chi connectivity index (χ4v) is 2.80. The van der Waals surface area contributed by atoms with Crippen LogP contribution in [0.3, 0.4) is 0 Å². The highest BCUT2D eigenvalue weighted by atomic mass is 16.3. The number of aromatic hydroxyl groups is 1. The molecule has 1 aromatic carbocycles. The van der Waals surface area contributed by atoms with Crippen molar-refractivity contribution in [3.05, 3.63) is 23.8 Å². The third kappa shape index (κ3) is 2.59. The van der Waals surface area contributed by atoms with E-state index >= 15 is 0 Å². The second kappa shape index (κ2) is 4.85. The molecule has 102 valence electrons. The van der Waals surface area contributed by atoms with Gasteiger partial charge in [-0.25, -0.2) is 0 Å². The molecule has 1 aliphatic carbocycles. The maximum Gasteiger partial charge on any atom is 0.163 e. The van der Waals surface area contributed by atoms with Gasteiger partial charge in [0.05, 0.1) is 5.56 Å². The van der Waals surface area contributed by atoms with E-state index in [4.69, 9.17) is 0 Å². The average molecular weight is 260 g/mol.